The van der Waals surface area contributed by atoms with E-state index in [0.29, 0.717) is 18.5 Å². The molecule has 1 saturated heterocycles. The molecule has 18 heavy (non-hydrogen) atoms. The molecule has 0 aromatic carbocycles. The molecule has 0 spiro atoms. The highest BCUT2D eigenvalue weighted by Crippen LogP contribution is 2.27. The van der Waals surface area contributed by atoms with Gasteiger partial charge in [0.2, 0.25) is 5.91 Å². The van der Waals surface area contributed by atoms with Gasteiger partial charge >= 0.3 is 0 Å². The van der Waals surface area contributed by atoms with Gasteiger partial charge in [0.05, 0.1) is 6.10 Å². The molecule has 2 unspecified atom stereocenters. The highest BCUT2D eigenvalue weighted by molar-refractivity contribution is 5.81. The van der Waals surface area contributed by atoms with Gasteiger partial charge in [-0.1, -0.05) is 26.2 Å². The number of nitrogens with one attached hydrogen (secondary N) is 1. The Balaban J connectivity index is 1.83. The van der Waals surface area contributed by atoms with Gasteiger partial charge in [-0.3, -0.25) is 4.79 Å². The summed E-state index contributed by atoms with van der Waals surface area (Å²) < 4.78 is 5.65. The third-order valence-corrected chi connectivity index (χ3v) is 4.42. The molecule has 1 aliphatic heterocycles. The van der Waals surface area contributed by atoms with E-state index >= 15 is 0 Å². The van der Waals surface area contributed by atoms with Crippen LogP contribution in [-0.2, 0) is 9.53 Å². The van der Waals surface area contributed by atoms with Crippen LogP contribution in [-0.4, -0.2) is 30.7 Å². The fraction of sp³-hybridized carbons (Fsp3) is 0.929. The molecule has 1 amide bonds. The molecular weight excluding hydrogens is 228 g/mol. The normalized spacial score (nSPS) is 36.6. The highest BCUT2D eigenvalue weighted by atomic mass is 16.5. The Morgan fingerprint density at radius 2 is 2.06 bits per heavy atom. The number of hydrogen-bond acceptors (Lipinski definition) is 3. The van der Waals surface area contributed by atoms with Gasteiger partial charge in [0.25, 0.3) is 0 Å². The fourth-order valence-corrected chi connectivity index (χ4v) is 3.23. The predicted molar refractivity (Wildman–Crippen MR) is 71.1 cm³/mol. The third kappa shape index (κ3) is 3.23. The van der Waals surface area contributed by atoms with E-state index in [1.54, 1.807) is 0 Å². The van der Waals surface area contributed by atoms with Gasteiger partial charge in [0, 0.05) is 12.6 Å². The topological polar surface area (TPSA) is 64.4 Å². The van der Waals surface area contributed by atoms with Crippen molar-refractivity contribution in [1.82, 2.24) is 5.32 Å². The first-order valence-corrected chi connectivity index (χ1v) is 7.40. The van der Waals surface area contributed by atoms with Crippen molar-refractivity contribution < 1.29 is 9.53 Å². The lowest BCUT2D eigenvalue weighted by Crippen LogP contribution is -2.46. The average molecular weight is 254 g/mol. The maximum atomic E-state index is 12.2. The Labute approximate surface area is 110 Å². The molecule has 0 aromatic rings. The molecule has 2 fully saturated rings. The van der Waals surface area contributed by atoms with Crippen molar-refractivity contribution in [2.75, 3.05) is 6.54 Å². The zero-order valence-corrected chi connectivity index (χ0v) is 11.4. The van der Waals surface area contributed by atoms with Crippen LogP contribution in [0.1, 0.15) is 51.9 Å². The highest BCUT2D eigenvalue weighted by Gasteiger charge is 2.32. The van der Waals surface area contributed by atoms with Crippen LogP contribution in [0.15, 0.2) is 0 Å². The lowest BCUT2D eigenvalue weighted by atomic mass is 9.83. The molecule has 104 valence electrons. The zero-order chi connectivity index (χ0) is 13.0. The van der Waals surface area contributed by atoms with Gasteiger partial charge < -0.3 is 15.8 Å². The fourth-order valence-electron chi connectivity index (χ4n) is 3.23. The minimum atomic E-state index is -0.266. The van der Waals surface area contributed by atoms with Gasteiger partial charge in [-0.05, 0) is 31.6 Å². The number of amides is 1. The van der Waals surface area contributed by atoms with E-state index in [9.17, 15) is 4.79 Å². The maximum Gasteiger partial charge on any atom is 0.249 e. The number of nitrogens with two attached hydrogens (primary N) is 1. The molecule has 4 nitrogen and oxygen atoms in total. The van der Waals surface area contributed by atoms with Crippen molar-refractivity contribution in [3.63, 3.8) is 0 Å². The Morgan fingerprint density at radius 3 is 2.72 bits per heavy atom. The van der Waals surface area contributed by atoms with Gasteiger partial charge in [0.15, 0.2) is 0 Å². The van der Waals surface area contributed by atoms with Gasteiger partial charge in [-0.25, -0.2) is 0 Å². The quantitative estimate of drug-likeness (QED) is 0.800. The molecule has 0 radical (unpaired) electrons. The summed E-state index contributed by atoms with van der Waals surface area (Å²) in [4.78, 5) is 12.2. The van der Waals surface area contributed by atoms with Gasteiger partial charge in [-0.2, -0.15) is 0 Å². The minimum Gasteiger partial charge on any atom is -0.364 e. The van der Waals surface area contributed by atoms with Crippen LogP contribution in [0.2, 0.25) is 0 Å². The maximum absolute atomic E-state index is 12.2. The molecule has 0 aromatic heterocycles. The van der Waals surface area contributed by atoms with Crippen LogP contribution in [0.5, 0.6) is 0 Å². The van der Waals surface area contributed by atoms with E-state index in [2.05, 4.69) is 12.2 Å². The summed E-state index contributed by atoms with van der Waals surface area (Å²) >= 11 is 0. The molecule has 4 atom stereocenters. The zero-order valence-electron chi connectivity index (χ0n) is 11.4. The van der Waals surface area contributed by atoms with Crippen LogP contribution in [0, 0.1) is 5.92 Å². The number of carbonyl (C=O) groups is 1. The molecule has 1 aliphatic carbocycles. The van der Waals surface area contributed by atoms with Crippen LogP contribution in [0.25, 0.3) is 0 Å². The number of hydrogen-bond donors (Lipinski definition) is 2. The smallest absolute Gasteiger partial charge is 0.249 e. The van der Waals surface area contributed by atoms with Crippen LogP contribution in [0.4, 0.5) is 0 Å². The van der Waals surface area contributed by atoms with E-state index in [-0.39, 0.29) is 18.1 Å². The van der Waals surface area contributed by atoms with Crippen molar-refractivity contribution in [2.45, 2.75) is 70.1 Å². The minimum absolute atomic E-state index is 0.0778. The van der Waals surface area contributed by atoms with Crippen LogP contribution < -0.4 is 11.1 Å². The van der Waals surface area contributed by atoms with Crippen molar-refractivity contribution in [1.29, 1.82) is 0 Å². The average Bonchev–Trinajstić information content (AvgIpc) is 2.88. The second-order valence-corrected chi connectivity index (χ2v) is 5.63. The standard InChI is InChI=1S/C14H26N2O2/c1-2-10-5-3-4-6-12(10)16-14(17)13-8-7-11(9-15)18-13/h10-13H,2-9,15H2,1H3,(H,16,17)/t10?,11-,12?,13+/m1/s1. The monoisotopic (exact) mass is 254 g/mol. The lowest BCUT2D eigenvalue weighted by molar-refractivity contribution is -0.133. The van der Waals surface area contributed by atoms with Crippen molar-refractivity contribution >= 4 is 5.91 Å². The first-order chi connectivity index (χ1) is 8.74. The molecule has 1 saturated carbocycles. The summed E-state index contributed by atoms with van der Waals surface area (Å²) in [6.45, 7) is 2.73. The Bertz CT molecular complexity index is 283. The molecule has 0 bridgehead atoms. The largest absolute Gasteiger partial charge is 0.364 e. The number of ether oxygens (including phenoxy) is 1. The first-order valence-electron chi connectivity index (χ1n) is 7.40. The van der Waals surface area contributed by atoms with Crippen molar-refractivity contribution in [2.24, 2.45) is 11.7 Å². The van der Waals surface area contributed by atoms with E-state index in [0.717, 1.165) is 25.7 Å². The molecule has 4 heteroatoms. The first kappa shape index (κ1) is 13.8. The Morgan fingerprint density at radius 1 is 1.28 bits per heavy atom. The summed E-state index contributed by atoms with van der Waals surface area (Å²) in [6, 6.07) is 0.358. The summed E-state index contributed by atoms with van der Waals surface area (Å²) in [7, 11) is 0. The number of carbonyl (C=O) groups excluding carboxylic acids is 1. The molecule has 1 heterocycles. The van der Waals surface area contributed by atoms with Crippen molar-refractivity contribution in [3.8, 4) is 0 Å². The number of rotatable bonds is 4. The lowest BCUT2D eigenvalue weighted by Gasteiger charge is -2.32. The van der Waals surface area contributed by atoms with Gasteiger partial charge in [-0.15, -0.1) is 0 Å². The molecule has 2 rings (SSSR count). The van der Waals surface area contributed by atoms with E-state index in [1.807, 2.05) is 0 Å². The predicted octanol–water partition coefficient (Wildman–Crippen LogP) is 1.58. The second-order valence-electron chi connectivity index (χ2n) is 5.63. The van der Waals surface area contributed by atoms with Crippen LogP contribution >= 0.6 is 0 Å². The summed E-state index contributed by atoms with van der Waals surface area (Å²) in [5.74, 6) is 0.728. The van der Waals surface area contributed by atoms with E-state index in [1.165, 1.54) is 19.3 Å². The van der Waals surface area contributed by atoms with Crippen LogP contribution in [0.3, 0.4) is 0 Å². The van der Waals surface area contributed by atoms with Gasteiger partial charge in [0.1, 0.15) is 6.10 Å². The molecule has 3 N–H and O–H groups in total. The summed E-state index contributed by atoms with van der Waals surface area (Å²) in [5.41, 5.74) is 5.57. The molecular formula is C14H26N2O2. The van der Waals surface area contributed by atoms with E-state index in [4.69, 9.17) is 10.5 Å². The third-order valence-electron chi connectivity index (χ3n) is 4.42. The summed E-state index contributed by atoms with van der Waals surface area (Å²) in [6.07, 6.45) is 7.61. The SMILES string of the molecule is CCC1CCCCC1NC(=O)[C@@H]1CC[C@H](CN)O1. The Hall–Kier alpha value is -0.610. The molecule has 2 aliphatic rings. The summed E-state index contributed by atoms with van der Waals surface area (Å²) in [5, 5.41) is 3.20. The second kappa shape index (κ2) is 6.53. The van der Waals surface area contributed by atoms with E-state index < -0.39 is 0 Å². The Kier molecular flexibility index (Phi) is 5.01. The van der Waals surface area contributed by atoms with Crippen molar-refractivity contribution in [3.05, 3.63) is 0 Å².